The van der Waals surface area contributed by atoms with Crippen LogP contribution in [0.1, 0.15) is 39.5 Å². The second-order valence-corrected chi connectivity index (χ2v) is 6.74. The van der Waals surface area contributed by atoms with Crippen LogP contribution in [0.2, 0.25) is 0 Å². The summed E-state index contributed by atoms with van der Waals surface area (Å²) in [6, 6.07) is 0. The number of epoxide rings is 2. The van der Waals surface area contributed by atoms with E-state index in [-0.39, 0.29) is 25.8 Å². The third-order valence-corrected chi connectivity index (χ3v) is 4.07. The Bertz CT molecular complexity index is 291. The molecule has 0 aliphatic carbocycles. The first-order valence-electron chi connectivity index (χ1n) is 9.43. The van der Waals surface area contributed by atoms with Gasteiger partial charge in [-0.3, -0.25) is 0 Å². The Kier molecular flexibility index (Phi) is 10.9. The maximum Gasteiger partial charge on any atom is 0.149 e. The lowest BCUT2D eigenvalue weighted by atomic mass is 10.2. The highest BCUT2D eigenvalue weighted by molar-refractivity contribution is 4.68. The Morgan fingerprint density at radius 1 is 0.760 bits per heavy atom. The highest BCUT2D eigenvalue weighted by Crippen LogP contribution is 2.12. The summed E-state index contributed by atoms with van der Waals surface area (Å²) in [7, 11) is 0. The minimum atomic E-state index is 0.250. The van der Waals surface area contributed by atoms with Gasteiger partial charge in [-0.25, -0.2) is 0 Å². The topological polar surface area (TPSA) is 71.2 Å². The van der Waals surface area contributed by atoms with Gasteiger partial charge >= 0.3 is 0 Å². The molecule has 148 valence electrons. The average molecular weight is 362 g/mol. The molecule has 0 saturated carbocycles. The summed E-state index contributed by atoms with van der Waals surface area (Å²) in [6.45, 7) is 9.16. The van der Waals surface area contributed by atoms with Crippen molar-refractivity contribution in [1.82, 2.24) is 0 Å². The molecule has 0 radical (unpaired) electrons. The molecule has 0 spiro atoms. The number of rotatable bonds is 18. The maximum atomic E-state index is 5.65. The molecule has 4 atom stereocenters. The van der Waals surface area contributed by atoms with Crippen LogP contribution >= 0.6 is 0 Å². The third-order valence-electron chi connectivity index (χ3n) is 4.07. The first-order chi connectivity index (χ1) is 12.2. The predicted octanol–water partition coefficient (Wildman–Crippen LogP) is 2.12. The van der Waals surface area contributed by atoms with Crippen LogP contribution in [0.4, 0.5) is 0 Å². The van der Waals surface area contributed by atoms with Crippen LogP contribution in [0.15, 0.2) is 0 Å². The molecule has 2 fully saturated rings. The van der Waals surface area contributed by atoms with Crippen LogP contribution in [0.25, 0.3) is 0 Å². The smallest absolute Gasteiger partial charge is 0.149 e. The number of hydrogen-bond donors (Lipinski definition) is 0. The molecule has 0 bridgehead atoms. The van der Waals surface area contributed by atoms with Gasteiger partial charge in [-0.2, -0.15) is 0 Å². The van der Waals surface area contributed by atoms with E-state index in [9.17, 15) is 0 Å². The predicted molar refractivity (Wildman–Crippen MR) is 91.5 cm³/mol. The van der Waals surface area contributed by atoms with Crippen molar-refractivity contribution in [1.29, 1.82) is 0 Å². The summed E-state index contributed by atoms with van der Waals surface area (Å²) in [6.07, 6.45) is 5.05. The molecule has 4 unspecified atom stereocenters. The lowest BCUT2D eigenvalue weighted by molar-refractivity contribution is -0.133. The standard InChI is InChI=1S/C18H34O7/c1-15(22-9-17-11-24-17)5-3-7-19-13-21-14-20-8-4-6-16(2)23-10-18-12-25-18/h15-18H,3-14H2,1-2H3. The Morgan fingerprint density at radius 3 is 1.60 bits per heavy atom. The summed E-state index contributed by atoms with van der Waals surface area (Å²) >= 11 is 0. The minimum Gasteiger partial charge on any atom is -0.376 e. The Balaban J connectivity index is 1.23. The van der Waals surface area contributed by atoms with Crippen molar-refractivity contribution >= 4 is 0 Å². The third kappa shape index (κ3) is 12.7. The summed E-state index contributed by atoms with van der Waals surface area (Å²) in [5, 5.41) is 0. The van der Waals surface area contributed by atoms with Crippen molar-refractivity contribution in [3.63, 3.8) is 0 Å². The van der Waals surface area contributed by atoms with Gasteiger partial charge in [0.2, 0.25) is 0 Å². The molecule has 2 aliphatic heterocycles. The molecular formula is C18H34O7. The Hall–Kier alpha value is -0.280. The van der Waals surface area contributed by atoms with Gasteiger partial charge in [0.25, 0.3) is 0 Å². The molecule has 0 aromatic carbocycles. The number of hydrogen-bond acceptors (Lipinski definition) is 7. The van der Waals surface area contributed by atoms with Crippen LogP contribution in [-0.4, -0.2) is 77.6 Å². The summed E-state index contributed by atoms with van der Waals surface area (Å²) < 4.78 is 37.6. The van der Waals surface area contributed by atoms with Crippen molar-refractivity contribution in [3.05, 3.63) is 0 Å². The fraction of sp³-hybridized carbons (Fsp3) is 1.00. The van der Waals surface area contributed by atoms with E-state index in [4.69, 9.17) is 33.2 Å². The molecule has 0 amide bonds. The number of ether oxygens (including phenoxy) is 7. The van der Waals surface area contributed by atoms with E-state index < -0.39 is 0 Å². The highest BCUT2D eigenvalue weighted by Gasteiger charge is 2.23. The van der Waals surface area contributed by atoms with Crippen LogP contribution in [0, 0.1) is 0 Å². The summed E-state index contributed by atoms with van der Waals surface area (Å²) in [4.78, 5) is 0. The quantitative estimate of drug-likeness (QED) is 0.210. The van der Waals surface area contributed by atoms with Crippen molar-refractivity contribution in [2.75, 3.05) is 53.2 Å². The SMILES string of the molecule is CC(CCCOCOCOCCCC(C)OCC1CO1)OCC1CO1. The highest BCUT2D eigenvalue weighted by atomic mass is 16.7. The summed E-state index contributed by atoms with van der Waals surface area (Å²) in [5.74, 6) is 0. The fourth-order valence-corrected chi connectivity index (χ4v) is 2.25. The van der Waals surface area contributed by atoms with Crippen LogP contribution in [-0.2, 0) is 33.2 Å². The average Bonchev–Trinajstić information content (AvgIpc) is 3.50. The monoisotopic (exact) mass is 362 g/mol. The zero-order chi connectivity index (χ0) is 17.7. The van der Waals surface area contributed by atoms with E-state index in [1.54, 1.807) is 0 Å². The molecule has 2 aliphatic rings. The Labute approximate surface area is 151 Å². The second kappa shape index (κ2) is 13.0. The van der Waals surface area contributed by atoms with Gasteiger partial charge < -0.3 is 33.2 Å². The van der Waals surface area contributed by atoms with Gasteiger partial charge in [0.1, 0.15) is 25.8 Å². The van der Waals surface area contributed by atoms with E-state index in [1.165, 1.54) is 0 Å². The maximum absolute atomic E-state index is 5.65. The van der Waals surface area contributed by atoms with E-state index in [0.29, 0.717) is 38.6 Å². The van der Waals surface area contributed by atoms with Gasteiger partial charge in [0, 0.05) is 13.2 Å². The first kappa shape index (κ1) is 21.0. The zero-order valence-corrected chi connectivity index (χ0v) is 15.7. The van der Waals surface area contributed by atoms with Crippen LogP contribution in [0.5, 0.6) is 0 Å². The van der Waals surface area contributed by atoms with Crippen LogP contribution in [0.3, 0.4) is 0 Å². The van der Waals surface area contributed by atoms with Gasteiger partial charge in [-0.1, -0.05) is 0 Å². The van der Waals surface area contributed by atoms with Gasteiger partial charge in [-0.15, -0.1) is 0 Å². The minimum absolute atomic E-state index is 0.250. The van der Waals surface area contributed by atoms with E-state index in [1.807, 2.05) is 0 Å². The van der Waals surface area contributed by atoms with E-state index in [2.05, 4.69) is 13.8 Å². The van der Waals surface area contributed by atoms with Crippen molar-refractivity contribution in [3.8, 4) is 0 Å². The van der Waals surface area contributed by atoms with Crippen molar-refractivity contribution < 1.29 is 33.2 Å². The van der Waals surface area contributed by atoms with Crippen LogP contribution < -0.4 is 0 Å². The van der Waals surface area contributed by atoms with Crippen molar-refractivity contribution in [2.45, 2.75) is 63.9 Å². The van der Waals surface area contributed by atoms with E-state index >= 15 is 0 Å². The lowest BCUT2D eigenvalue weighted by Crippen LogP contribution is -2.14. The molecule has 25 heavy (non-hydrogen) atoms. The van der Waals surface area contributed by atoms with E-state index in [0.717, 1.165) is 38.9 Å². The molecule has 0 aromatic heterocycles. The lowest BCUT2D eigenvalue weighted by Gasteiger charge is -2.13. The molecule has 7 nitrogen and oxygen atoms in total. The molecule has 0 aromatic rings. The largest absolute Gasteiger partial charge is 0.376 e. The molecule has 2 heterocycles. The molecule has 2 rings (SSSR count). The molecular weight excluding hydrogens is 328 g/mol. The summed E-state index contributed by atoms with van der Waals surface area (Å²) in [5.41, 5.74) is 0. The van der Waals surface area contributed by atoms with Crippen molar-refractivity contribution in [2.24, 2.45) is 0 Å². The van der Waals surface area contributed by atoms with Gasteiger partial charge in [0.15, 0.2) is 0 Å². The molecule has 7 heteroatoms. The second-order valence-electron chi connectivity index (χ2n) is 6.74. The first-order valence-corrected chi connectivity index (χ1v) is 9.43. The fourth-order valence-electron chi connectivity index (χ4n) is 2.25. The van der Waals surface area contributed by atoms with Gasteiger partial charge in [0.05, 0.1) is 38.6 Å². The zero-order valence-electron chi connectivity index (χ0n) is 15.7. The Morgan fingerprint density at radius 2 is 1.20 bits per heavy atom. The van der Waals surface area contributed by atoms with Gasteiger partial charge in [-0.05, 0) is 39.5 Å². The molecule has 0 N–H and O–H groups in total. The normalized spacial score (nSPS) is 24.2. The molecule has 2 saturated heterocycles.